The summed E-state index contributed by atoms with van der Waals surface area (Å²) >= 11 is 1.22. The number of hydrogen-bond donors (Lipinski definition) is 4. The van der Waals surface area contributed by atoms with Gasteiger partial charge in [0.1, 0.15) is 17.9 Å². The van der Waals surface area contributed by atoms with Crippen LogP contribution in [0.2, 0.25) is 0 Å². The number of esters is 1. The number of nitrogens with zero attached hydrogens (tertiary/aromatic N) is 2. The van der Waals surface area contributed by atoms with Crippen LogP contribution in [0.25, 0.3) is 10.1 Å². The molecular weight excluding hydrogens is 661 g/mol. The normalized spacial score (nSPS) is 14.2. The highest BCUT2D eigenvalue weighted by Crippen LogP contribution is 2.39. The Balaban J connectivity index is 1.54. The Bertz CT molecular complexity index is 1770. The van der Waals surface area contributed by atoms with Gasteiger partial charge in [0.15, 0.2) is 6.61 Å². The molecule has 260 valence electrons. The number of amides is 2. The van der Waals surface area contributed by atoms with Gasteiger partial charge in [-0.15, -0.1) is 11.3 Å². The van der Waals surface area contributed by atoms with Crippen LogP contribution in [-0.2, 0) is 20.7 Å². The summed E-state index contributed by atoms with van der Waals surface area (Å²) in [4.78, 5) is 38.8. The number of methoxy groups -OCH3 is 1. The molecule has 0 saturated carbocycles. The summed E-state index contributed by atoms with van der Waals surface area (Å²) in [6.45, 7) is 1.54. The van der Waals surface area contributed by atoms with Crippen LogP contribution >= 0.6 is 11.3 Å². The van der Waals surface area contributed by atoms with E-state index in [-0.39, 0.29) is 48.9 Å². The third-order valence-electron chi connectivity index (χ3n) is 7.85. The van der Waals surface area contributed by atoms with Gasteiger partial charge in [-0.05, 0) is 74.6 Å². The number of primary amides is 1. The molecule has 3 aromatic rings. The van der Waals surface area contributed by atoms with E-state index in [9.17, 15) is 27.6 Å². The zero-order chi connectivity index (χ0) is 35.6. The molecule has 1 fully saturated rings. The summed E-state index contributed by atoms with van der Waals surface area (Å²) in [5, 5.41) is 18.7. The molecular formula is C34H37F3N6O5S. The number of nitrogens with one attached hydrogen (secondary N) is 3. The molecule has 49 heavy (non-hydrogen) atoms. The lowest BCUT2D eigenvalue weighted by Gasteiger charge is -2.30. The molecule has 2 heterocycles. The lowest BCUT2D eigenvalue weighted by molar-refractivity contribution is -0.143. The number of benzene rings is 2. The predicted octanol–water partition coefficient (Wildman–Crippen LogP) is 4.42. The van der Waals surface area contributed by atoms with Gasteiger partial charge in [-0.3, -0.25) is 9.59 Å². The smallest absolute Gasteiger partial charge is 0.393 e. The summed E-state index contributed by atoms with van der Waals surface area (Å²) in [7, 11) is 3.21. The van der Waals surface area contributed by atoms with Gasteiger partial charge in [-0.25, -0.2) is 4.79 Å². The quantitative estimate of drug-likeness (QED) is 0.150. The van der Waals surface area contributed by atoms with Crippen LogP contribution < -0.4 is 26.4 Å². The molecule has 1 aromatic heterocycles. The van der Waals surface area contributed by atoms with Gasteiger partial charge in [0.05, 0.1) is 41.0 Å². The number of likely N-dealkylation sites (tertiary alicyclic amines) is 1. The molecule has 1 saturated heterocycles. The Kier molecular flexibility index (Phi) is 12.7. The van der Waals surface area contributed by atoms with Crippen molar-refractivity contribution in [2.75, 3.05) is 51.0 Å². The molecule has 4 rings (SSSR count). The summed E-state index contributed by atoms with van der Waals surface area (Å²) < 4.78 is 52.0. The van der Waals surface area contributed by atoms with Crippen molar-refractivity contribution in [2.45, 2.75) is 50.4 Å². The Labute approximate surface area is 285 Å². The molecule has 11 nitrogen and oxygen atoms in total. The minimum Gasteiger partial charge on any atom is -0.477 e. The monoisotopic (exact) mass is 698 g/mol. The van der Waals surface area contributed by atoms with Gasteiger partial charge in [-0.2, -0.15) is 18.4 Å². The first-order chi connectivity index (χ1) is 23.4. The fraction of sp³-hybridized carbons (Fsp3) is 0.412. The zero-order valence-electron chi connectivity index (χ0n) is 27.0. The number of carbonyl (C=O) groups excluding carboxylic acids is 3. The lowest BCUT2D eigenvalue weighted by atomic mass is 10.0. The molecule has 2 aromatic carbocycles. The first-order valence-electron chi connectivity index (χ1n) is 15.5. The number of carbonyl (C=O) groups is 3. The summed E-state index contributed by atoms with van der Waals surface area (Å²) in [5.74, 6) is 3.88. The van der Waals surface area contributed by atoms with E-state index in [0.717, 1.165) is 43.4 Å². The van der Waals surface area contributed by atoms with Crippen molar-refractivity contribution in [3.63, 3.8) is 0 Å². The van der Waals surface area contributed by atoms with Crippen molar-refractivity contribution in [1.82, 2.24) is 10.2 Å². The molecule has 2 amide bonds. The van der Waals surface area contributed by atoms with Crippen molar-refractivity contribution in [3.8, 4) is 23.7 Å². The lowest BCUT2D eigenvalue weighted by Crippen LogP contribution is -2.42. The van der Waals surface area contributed by atoms with Gasteiger partial charge >= 0.3 is 12.1 Å². The third-order valence-corrected chi connectivity index (χ3v) is 9.05. The number of fused-ring (bicyclic) bond motifs is 1. The molecule has 1 aliphatic rings. The van der Waals surface area contributed by atoms with E-state index in [4.69, 9.17) is 20.5 Å². The first kappa shape index (κ1) is 36.8. The number of nitriles is 1. The molecule has 1 atom stereocenters. The van der Waals surface area contributed by atoms with Crippen molar-refractivity contribution in [1.29, 1.82) is 5.26 Å². The number of ether oxygens (including phenoxy) is 2. The summed E-state index contributed by atoms with van der Waals surface area (Å²) in [6, 6.07) is 10.6. The maximum atomic E-state index is 13.7. The largest absolute Gasteiger partial charge is 0.477 e. The van der Waals surface area contributed by atoms with Crippen LogP contribution in [0.5, 0.6) is 5.75 Å². The van der Waals surface area contributed by atoms with Crippen LogP contribution in [0, 0.1) is 23.2 Å². The SMILES string of the molecule is COC(=O)C(CCC(N)=O)NC(=O)c1ccc(NCC#Cc2sc3c(NC4CCN(C)CC4)cccc3c2CC(F)(F)F)c(OCC#N)c1. The maximum absolute atomic E-state index is 13.7. The van der Waals surface area contributed by atoms with E-state index in [1.807, 2.05) is 12.1 Å². The molecule has 1 aliphatic heterocycles. The molecule has 0 radical (unpaired) electrons. The number of alkyl halides is 3. The van der Waals surface area contributed by atoms with E-state index >= 15 is 0 Å². The fourth-order valence-electron chi connectivity index (χ4n) is 5.36. The topological polar surface area (TPSA) is 159 Å². The minimum atomic E-state index is -4.43. The number of nitrogens with two attached hydrogens (primary N) is 1. The molecule has 15 heteroatoms. The molecule has 5 N–H and O–H groups in total. The van der Waals surface area contributed by atoms with Gasteiger partial charge in [-0.1, -0.05) is 24.0 Å². The van der Waals surface area contributed by atoms with Crippen LogP contribution in [0.4, 0.5) is 24.5 Å². The summed E-state index contributed by atoms with van der Waals surface area (Å²) in [6.07, 6.45) is -3.90. The average Bonchev–Trinajstić information content (AvgIpc) is 3.41. The Morgan fingerprint density at radius 3 is 2.59 bits per heavy atom. The predicted molar refractivity (Wildman–Crippen MR) is 180 cm³/mol. The molecule has 0 aliphatic carbocycles. The third kappa shape index (κ3) is 10.5. The number of piperidine rings is 1. The second-order valence-electron chi connectivity index (χ2n) is 11.5. The van der Waals surface area contributed by atoms with Crippen molar-refractivity contribution in [3.05, 3.63) is 52.4 Å². The number of thiophene rings is 1. The van der Waals surface area contributed by atoms with Crippen LogP contribution in [0.3, 0.4) is 0 Å². The van der Waals surface area contributed by atoms with E-state index < -0.39 is 36.4 Å². The van der Waals surface area contributed by atoms with E-state index in [2.05, 4.69) is 39.7 Å². The highest BCUT2D eigenvalue weighted by Gasteiger charge is 2.31. The van der Waals surface area contributed by atoms with Gasteiger partial charge < -0.3 is 36.1 Å². The fourth-order valence-corrected chi connectivity index (χ4v) is 6.53. The highest BCUT2D eigenvalue weighted by atomic mass is 32.1. The Morgan fingerprint density at radius 1 is 1.16 bits per heavy atom. The average molecular weight is 699 g/mol. The van der Waals surface area contributed by atoms with Crippen molar-refractivity contribution in [2.24, 2.45) is 5.73 Å². The highest BCUT2D eigenvalue weighted by molar-refractivity contribution is 7.20. The Morgan fingerprint density at radius 2 is 1.92 bits per heavy atom. The standard InChI is InChI=1S/C34H37F3N6O5S/c1-43-16-12-22(13-17-43)41-26-6-3-5-23-24(20-34(35,36)37)29(49-31(23)26)7-4-15-40-25-9-8-21(19-28(25)48-18-14-38)32(45)42-27(33(46)47-2)10-11-30(39)44/h3,5-6,8-9,19,22,27,40-41H,10-13,15-18,20H2,1-2H3,(H2,39,44)(H,42,45). The number of hydrogen-bond acceptors (Lipinski definition) is 10. The molecule has 0 bridgehead atoms. The van der Waals surface area contributed by atoms with E-state index in [1.54, 1.807) is 12.1 Å². The number of rotatable bonds is 13. The van der Waals surface area contributed by atoms with Crippen molar-refractivity contribution >= 4 is 50.6 Å². The maximum Gasteiger partial charge on any atom is 0.393 e. The second kappa shape index (κ2) is 16.9. The van der Waals surface area contributed by atoms with Gasteiger partial charge in [0, 0.05) is 18.0 Å². The minimum absolute atomic E-state index is 0.00634. The van der Waals surface area contributed by atoms with Gasteiger partial charge in [0.25, 0.3) is 5.91 Å². The number of anilines is 2. The van der Waals surface area contributed by atoms with Crippen LogP contribution in [0.1, 0.15) is 46.5 Å². The molecule has 0 spiro atoms. The zero-order valence-corrected chi connectivity index (χ0v) is 27.9. The molecule has 1 unspecified atom stereocenters. The van der Waals surface area contributed by atoms with E-state index in [0.29, 0.717) is 16.0 Å². The first-order valence-corrected chi connectivity index (χ1v) is 16.3. The summed E-state index contributed by atoms with van der Waals surface area (Å²) in [5.41, 5.74) is 6.55. The Hall–Kier alpha value is -4.99. The van der Waals surface area contributed by atoms with E-state index in [1.165, 1.54) is 29.5 Å². The van der Waals surface area contributed by atoms with Crippen LogP contribution in [-0.4, -0.2) is 81.3 Å². The van der Waals surface area contributed by atoms with Gasteiger partial charge in [0.2, 0.25) is 5.91 Å². The number of halogens is 3. The van der Waals surface area contributed by atoms with Crippen LogP contribution in [0.15, 0.2) is 36.4 Å². The van der Waals surface area contributed by atoms with Crippen molar-refractivity contribution < 1.29 is 37.0 Å². The second-order valence-corrected chi connectivity index (χ2v) is 12.5.